The van der Waals surface area contributed by atoms with Crippen molar-refractivity contribution in [3.63, 3.8) is 0 Å². The Kier molecular flexibility index (Phi) is 6.17. The summed E-state index contributed by atoms with van der Waals surface area (Å²) < 4.78 is 22.8. The Hall–Kier alpha value is -2.97. The van der Waals surface area contributed by atoms with Gasteiger partial charge in [-0.15, -0.1) is 0 Å². The number of hydrogen-bond donors (Lipinski definition) is 2. The van der Waals surface area contributed by atoms with E-state index in [1.807, 2.05) is 24.3 Å². The first-order valence-corrected chi connectivity index (χ1v) is 11.8. The lowest BCUT2D eigenvalue weighted by Crippen LogP contribution is -2.23. The van der Waals surface area contributed by atoms with Gasteiger partial charge in [0.2, 0.25) is 10.0 Å². The zero-order chi connectivity index (χ0) is 22.9. The minimum Gasteiger partial charge on any atom is -0.348 e. The van der Waals surface area contributed by atoms with E-state index in [9.17, 15) is 13.2 Å². The van der Waals surface area contributed by atoms with Gasteiger partial charge in [-0.25, -0.2) is 18.5 Å². The zero-order valence-electron chi connectivity index (χ0n) is 16.5. The molecule has 0 aliphatic carbocycles. The fraction of sp³-hybridized carbons (Fsp3) is 0.0435. The van der Waals surface area contributed by atoms with Crippen LogP contribution in [0.2, 0.25) is 10.0 Å². The first kappa shape index (κ1) is 22.2. The molecule has 3 N–H and O–H groups in total. The number of rotatable bonds is 5. The molecule has 0 saturated heterocycles. The zero-order valence-corrected chi connectivity index (χ0v) is 18.9. The number of nitrogens with zero attached hydrogens (tertiary/aromatic N) is 1. The number of fused-ring (bicyclic) bond motifs is 1. The Labute approximate surface area is 195 Å². The Morgan fingerprint density at radius 1 is 0.938 bits per heavy atom. The highest BCUT2D eigenvalue weighted by Gasteiger charge is 2.15. The number of primary sulfonamides is 1. The maximum absolute atomic E-state index is 13.1. The summed E-state index contributed by atoms with van der Waals surface area (Å²) in [6.45, 7) is 0.211. The standard InChI is InChI=1S/C23H17Cl2N3O3S/c24-19-10-7-15(11-20(19)25)22-12-18(17-3-1-2-4-21(17)28-22)23(29)27-13-14-5-8-16(9-6-14)32(26,30)31/h1-12H,13H2,(H,27,29)(H2,26,30,31). The largest absolute Gasteiger partial charge is 0.348 e. The highest BCUT2D eigenvalue weighted by Crippen LogP contribution is 2.30. The lowest BCUT2D eigenvalue weighted by Gasteiger charge is -2.11. The van der Waals surface area contributed by atoms with Crippen molar-refractivity contribution in [1.82, 2.24) is 10.3 Å². The maximum atomic E-state index is 13.1. The molecule has 3 aromatic carbocycles. The first-order valence-electron chi connectivity index (χ1n) is 9.47. The number of para-hydroxylation sites is 1. The fourth-order valence-electron chi connectivity index (χ4n) is 3.24. The molecule has 0 aliphatic rings. The van der Waals surface area contributed by atoms with E-state index in [-0.39, 0.29) is 17.3 Å². The van der Waals surface area contributed by atoms with Gasteiger partial charge >= 0.3 is 0 Å². The van der Waals surface area contributed by atoms with Gasteiger partial charge in [0.25, 0.3) is 5.91 Å². The Balaban J connectivity index is 1.65. The second kappa shape index (κ2) is 8.88. The van der Waals surface area contributed by atoms with Crippen LogP contribution < -0.4 is 10.5 Å². The predicted octanol–water partition coefficient (Wildman–Crippen LogP) is 4.79. The van der Waals surface area contributed by atoms with E-state index < -0.39 is 10.0 Å². The third-order valence-electron chi connectivity index (χ3n) is 4.88. The third kappa shape index (κ3) is 4.76. The first-order chi connectivity index (χ1) is 15.2. The molecule has 162 valence electrons. The molecule has 0 fully saturated rings. The highest BCUT2D eigenvalue weighted by molar-refractivity contribution is 7.89. The molecule has 1 aromatic heterocycles. The molecular weight excluding hydrogens is 469 g/mol. The lowest BCUT2D eigenvalue weighted by atomic mass is 10.0. The van der Waals surface area contributed by atoms with Gasteiger partial charge in [0.05, 0.1) is 31.7 Å². The summed E-state index contributed by atoms with van der Waals surface area (Å²) in [5.74, 6) is -0.291. The number of hydrogen-bond acceptors (Lipinski definition) is 4. The minimum absolute atomic E-state index is 0.0129. The van der Waals surface area contributed by atoms with Crippen LogP contribution in [0.1, 0.15) is 15.9 Å². The van der Waals surface area contributed by atoms with Gasteiger partial charge in [-0.05, 0) is 42.0 Å². The Bertz CT molecular complexity index is 1440. The molecule has 32 heavy (non-hydrogen) atoms. The maximum Gasteiger partial charge on any atom is 0.252 e. The van der Waals surface area contributed by atoms with Crippen LogP contribution in [-0.4, -0.2) is 19.3 Å². The van der Waals surface area contributed by atoms with Crippen molar-refractivity contribution in [1.29, 1.82) is 0 Å². The predicted molar refractivity (Wildman–Crippen MR) is 126 cm³/mol. The number of nitrogens with one attached hydrogen (secondary N) is 1. The van der Waals surface area contributed by atoms with Crippen LogP contribution >= 0.6 is 23.2 Å². The second-order valence-corrected chi connectivity index (χ2v) is 9.45. The molecule has 0 unspecified atom stereocenters. The third-order valence-corrected chi connectivity index (χ3v) is 6.55. The van der Waals surface area contributed by atoms with Gasteiger partial charge in [-0.1, -0.05) is 59.6 Å². The summed E-state index contributed by atoms with van der Waals surface area (Å²) in [5.41, 5.74) is 3.17. The van der Waals surface area contributed by atoms with Gasteiger partial charge in [-0.2, -0.15) is 0 Å². The monoisotopic (exact) mass is 485 g/mol. The average molecular weight is 486 g/mol. The van der Waals surface area contributed by atoms with Crippen molar-refractivity contribution in [2.75, 3.05) is 0 Å². The number of nitrogens with two attached hydrogens (primary N) is 1. The number of carbonyl (C=O) groups is 1. The SMILES string of the molecule is NS(=O)(=O)c1ccc(CNC(=O)c2cc(-c3ccc(Cl)c(Cl)c3)nc3ccccc23)cc1. The van der Waals surface area contributed by atoms with Gasteiger partial charge in [0.1, 0.15) is 0 Å². The molecule has 0 saturated carbocycles. The molecule has 0 spiro atoms. The number of pyridine rings is 1. The Morgan fingerprint density at radius 3 is 2.34 bits per heavy atom. The second-order valence-electron chi connectivity index (χ2n) is 7.07. The molecule has 1 amide bonds. The number of halogens is 2. The van der Waals surface area contributed by atoms with Crippen molar-refractivity contribution in [3.05, 3.63) is 94.0 Å². The van der Waals surface area contributed by atoms with Gasteiger partial charge in [0.15, 0.2) is 0 Å². The smallest absolute Gasteiger partial charge is 0.252 e. The van der Waals surface area contributed by atoms with E-state index >= 15 is 0 Å². The molecule has 4 rings (SSSR count). The van der Waals surface area contributed by atoms with Crippen molar-refractivity contribution in [3.8, 4) is 11.3 Å². The van der Waals surface area contributed by atoms with E-state index in [0.717, 1.165) is 11.1 Å². The molecule has 4 aromatic rings. The minimum atomic E-state index is -3.77. The molecule has 6 nitrogen and oxygen atoms in total. The van der Waals surface area contributed by atoms with Crippen LogP contribution in [0, 0.1) is 0 Å². The average Bonchev–Trinajstić information content (AvgIpc) is 2.78. The topological polar surface area (TPSA) is 102 Å². The summed E-state index contributed by atoms with van der Waals surface area (Å²) in [6.07, 6.45) is 0. The van der Waals surface area contributed by atoms with E-state index in [0.29, 0.717) is 32.2 Å². The summed E-state index contributed by atoms with van der Waals surface area (Å²) >= 11 is 12.2. The molecular formula is C23H17Cl2N3O3S. The number of carbonyl (C=O) groups excluding carboxylic acids is 1. The van der Waals surface area contributed by atoms with Crippen LogP contribution in [-0.2, 0) is 16.6 Å². The quantitative estimate of drug-likeness (QED) is 0.424. The molecule has 0 aliphatic heterocycles. The fourth-order valence-corrected chi connectivity index (χ4v) is 4.05. The molecule has 0 bridgehead atoms. The molecule has 1 heterocycles. The van der Waals surface area contributed by atoms with Gasteiger partial charge in [0, 0.05) is 17.5 Å². The van der Waals surface area contributed by atoms with E-state index in [1.54, 1.807) is 36.4 Å². The van der Waals surface area contributed by atoms with Crippen LogP contribution in [0.4, 0.5) is 0 Å². The van der Waals surface area contributed by atoms with Crippen molar-refractivity contribution < 1.29 is 13.2 Å². The van der Waals surface area contributed by atoms with Crippen LogP contribution in [0.5, 0.6) is 0 Å². The van der Waals surface area contributed by atoms with Gasteiger partial charge < -0.3 is 5.32 Å². The van der Waals surface area contributed by atoms with Crippen LogP contribution in [0.15, 0.2) is 77.7 Å². The summed E-state index contributed by atoms with van der Waals surface area (Å²) in [5, 5.41) is 9.52. The summed E-state index contributed by atoms with van der Waals surface area (Å²) in [4.78, 5) is 17.7. The summed E-state index contributed by atoms with van der Waals surface area (Å²) in [7, 11) is -3.77. The van der Waals surface area contributed by atoms with E-state index in [2.05, 4.69) is 10.3 Å². The highest BCUT2D eigenvalue weighted by atomic mass is 35.5. The number of aromatic nitrogens is 1. The van der Waals surface area contributed by atoms with Crippen LogP contribution in [0.25, 0.3) is 22.2 Å². The van der Waals surface area contributed by atoms with E-state index in [4.69, 9.17) is 28.3 Å². The van der Waals surface area contributed by atoms with Crippen molar-refractivity contribution in [2.24, 2.45) is 5.14 Å². The van der Waals surface area contributed by atoms with Crippen molar-refractivity contribution in [2.45, 2.75) is 11.4 Å². The number of sulfonamides is 1. The van der Waals surface area contributed by atoms with Crippen LogP contribution in [0.3, 0.4) is 0 Å². The number of benzene rings is 3. The van der Waals surface area contributed by atoms with E-state index in [1.165, 1.54) is 12.1 Å². The summed E-state index contributed by atoms with van der Waals surface area (Å²) in [6, 6.07) is 20.3. The molecule has 9 heteroatoms. The molecule has 0 radical (unpaired) electrons. The normalized spacial score (nSPS) is 11.5. The van der Waals surface area contributed by atoms with Gasteiger partial charge in [-0.3, -0.25) is 4.79 Å². The Morgan fingerprint density at radius 2 is 1.66 bits per heavy atom. The lowest BCUT2D eigenvalue weighted by molar-refractivity contribution is 0.0952. The molecule has 0 atom stereocenters. The van der Waals surface area contributed by atoms with Crippen molar-refractivity contribution >= 4 is 50.0 Å². The number of amides is 1.